The number of hydrogen-bond acceptors (Lipinski definition) is 2. The van der Waals surface area contributed by atoms with Gasteiger partial charge in [0.1, 0.15) is 11.2 Å². The molecule has 0 unspecified atom stereocenters. The van der Waals surface area contributed by atoms with Crippen LogP contribution in [0.4, 0.5) is 0 Å². The molecular formula is C29H19NOS. The van der Waals surface area contributed by atoms with Crippen LogP contribution >= 0.6 is 11.3 Å². The number of nitrogens with zero attached hydrogens (tertiary/aromatic N) is 1. The molecule has 0 aliphatic heterocycles. The van der Waals surface area contributed by atoms with Crippen molar-refractivity contribution in [3.63, 3.8) is 0 Å². The van der Waals surface area contributed by atoms with Crippen molar-refractivity contribution in [3.05, 3.63) is 97.2 Å². The van der Waals surface area contributed by atoms with E-state index in [4.69, 9.17) is 4.42 Å². The first kappa shape index (κ1) is 17.8. The second-order valence-corrected chi connectivity index (χ2v) is 9.46. The monoisotopic (exact) mass is 429 g/mol. The molecule has 0 radical (unpaired) electrons. The fourth-order valence-corrected chi connectivity index (χ4v) is 5.75. The Morgan fingerprint density at radius 3 is 2.22 bits per heavy atom. The molecule has 3 aromatic heterocycles. The molecule has 0 amide bonds. The summed E-state index contributed by atoms with van der Waals surface area (Å²) in [5.74, 6) is 0. The quantitative estimate of drug-likeness (QED) is 0.269. The molecular weight excluding hydrogens is 410 g/mol. The lowest BCUT2D eigenvalue weighted by molar-refractivity contribution is 0.669. The molecule has 0 aliphatic carbocycles. The third-order valence-corrected chi connectivity index (χ3v) is 7.56. The Labute approximate surface area is 188 Å². The van der Waals surface area contributed by atoms with Gasteiger partial charge in [0.2, 0.25) is 0 Å². The molecule has 4 aromatic carbocycles. The van der Waals surface area contributed by atoms with Gasteiger partial charge in [0.15, 0.2) is 0 Å². The normalized spacial score (nSPS) is 11.9. The Kier molecular flexibility index (Phi) is 3.67. The first-order chi connectivity index (χ1) is 15.7. The summed E-state index contributed by atoms with van der Waals surface area (Å²) >= 11 is 1.84. The summed E-state index contributed by atoms with van der Waals surface area (Å²) in [6.45, 7) is 0. The van der Waals surface area contributed by atoms with E-state index in [0.717, 1.165) is 21.9 Å². The van der Waals surface area contributed by atoms with Gasteiger partial charge in [-0.05, 0) is 82.7 Å². The SMILES string of the molecule is Cn1ccc2cc(-c3ccc4oc5ccc(-c6cc7ccccc7s6)cc5c4c3)ccc21. The largest absolute Gasteiger partial charge is 0.456 e. The Hall–Kier alpha value is -3.82. The van der Waals surface area contributed by atoms with Crippen molar-refractivity contribution in [1.82, 2.24) is 4.57 Å². The maximum Gasteiger partial charge on any atom is 0.135 e. The van der Waals surface area contributed by atoms with Gasteiger partial charge in [-0.1, -0.05) is 30.3 Å². The zero-order valence-electron chi connectivity index (χ0n) is 17.5. The molecule has 3 heteroatoms. The van der Waals surface area contributed by atoms with Gasteiger partial charge in [-0.15, -0.1) is 11.3 Å². The van der Waals surface area contributed by atoms with E-state index in [1.165, 1.54) is 42.6 Å². The molecule has 3 heterocycles. The molecule has 0 atom stereocenters. The molecule has 0 spiro atoms. The van der Waals surface area contributed by atoms with Crippen LogP contribution in [0.2, 0.25) is 0 Å². The van der Waals surface area contributed by atoms with E-state index in [1.54, 1.807) is 0 Å². The Morgan fingerprint density at radius 2 is 1.38 bits per heavy atom. The van der Waals surface area contributed by atoms with Crippen LogP contribution in [0.25, 0.3) is 64.5 Å². The highest BCUT2D eigenvalue weighted by Gasteiger charge is 2.12. The second-order valence-electron chi connectivity index (χ2n) is 8.37. The van der Waals surface area contributed by atoms with Crippen LogP contribution in [0.5, 0.6) is 0 Å². The average Bonchev–Trinajstić information content (AvgIpc) is 3.53. The Balaban J connectivity index is 1.40. The number of aromatic nitrogens is 1. The van der Waals surface area contributed by atoms with Crippen molar-refractivity contribution in [2.45, 2.75) is 0 Å². The van der Waals surface area contributed by atoms with Crippen LogP contribution < -0.4 is 0 Å². The maximum absolute atomic E-state index is 6.17. The number of fused-ring (bicyclic) bond motifs is 5. The topological polar surface area (TPSA) is 18.1 Å². The van der Waals surface area contributed by atoms with E-state index < -0.39 is 0 Å². The van der Waals surface area contributed by atoms with Gasteiger partial charge in [0.05, 0.1) is 0 Å². The van der Waals surface area contributed by atoms with Crippen LogP contribution in [0, 0.1) is 0 Å². The number of benzene rings is 4. The van der Waals surface area contributed by atoms with Crippen molar-refractivity contribution in [3.8, 4) is 21.6 Å². The van der Waals surface area contributed by atoms with E-state index in [2.05, 4.69) is 109 Å². The predicted octanol–water partition coefficient (Wildman–Crippen LogP) is 8.63. The van der Waals surface area contributed by atoms with Gasteiger partial charge in [0.25, 0.3) is 0 Å². The van der Waals surface area contributed by atoms with Crippen molar-refractivity contribution < 1.29 is 4.42 Å². The summed E-state index contributed by atoms with van der Waals surface area (Å²) in [4.78, 5) is 1.29. The minimum absolute atomic E-state index is 0.929. The predicted molar refractivity (Wildman–Crippen MR) is 136 cm³/mol. The van der Waals surface area contributed by atoms with Crippen LogP contribution in [0.1, 0.15) is 0 Å². The van der Waals surface area contributed by atoms with E-state index in [9.17, 15) is 0 Å². The van der Waals surface area contributed by atoms with Crippen LogP contribution in [0.3, 0.4) is 0 Å². The number of rotatable bonds is 2. The van der Waals surface area contributed by atoms with Gasteiger partial charge in [-0.2, -0.15) is 0 Å². The molecule has 2 nitrogen and oxygen atoms in total. The summed E-state index contributed by atoms with van der Waals surface area (Å²) in [5, 5.41) is 4.88. The summed E-state index contributed by atoms with van der Waals surface area (Å²) in [6, 6.07) is 32.7. The van der Waals surface area contributed by atoms with E-state index in [1.807, 2.05) is 11.3 Å². The third-order valence-electron chi connectivity index (χ3n) is 6.40. The van der Waals surface area contributed by atoms with Crippen LogP contribution in [-0.4, -0.2) is 4.57 Å². The van der Waals surface area contributed by atoms with E-state index in [-0.39, 0.29) is 0 Å². The molecule has 0 saturated heterocycles. The zero-order chi connectivity index (χ0) is 21.2. The van der Waals surface area contributed by atoms with Crippen molar-refractivity contribution in [2.24, 2.45) is 7.05 Å². The van der Waals surface area contributed by atoms with Gasteiger partial charge in [0, 0.05) is 44.5 Å². The Morgan fingerprint density at radius 1 is 0.656 bits per heavy atom. The third kappa shape index (κ3) is 2.65. The number of thiophene rings is 1. The van der Waals surface area contributed by atoms with Gasteiger partial charge in [-0.25, -0.2) is 0 Å². The minimum atomic E-state index is 0.929. The maximum atomic E-state index is 6.17. The lowest BCUT2D eigenvalue weighted by atomic mass is 10.0. The van der Waals surface area contributed by atoms with Crippen molar-refractivity contribution in [2.75, 3.05) is 0 Å². The van der Waals surface area contributed by atoms with Gasteiger partial charge in [-0.3, -0.25) is 0 Å². The van der Waals surface area contributed by atoms with Gasteiger partial charge >= 0.3 is 0 Å². The fraction of sp³-hybridized carbons (Fsp3) is 0.0345. The lowest BCUT2D eigenvalue weighted by Gasteiger charge is -2.04. The highest BCUT2D eigenvalue weighted by molar-refractivity contribution is 7.22. The first-order valence-electron chi connectivity index (χ1n) is 10.7. The second kappa shape index (κ2) is 6.59. The molecule has 7 aromatic rings. The zero-order valence-corrected chi connectivity index (χ0v) is 18.3. The van der Waals surface area contributed by atoms with Crippen molar-refractivity contribution >= 4 is 54.3 Å². The molecule has 0 fully saturated rings. The molecule has 7 rings (SSSR count). The van der Waals surface area contributed by atoms with E-state index >= 15 is 0 Å². The summed E-state index contributed by atoms with van der Waals surface area (Å²) in [6.07, 6.45) is 2.11. The molecule has 0 bridgehead atoms. The van der Waals surface area contributed by atoms with Gasteiger partial charge < -0.3 is 8.98 Å². The average molecular weight is 430 g/mol. The number of aryl methyl sites for hydroxylation is 1. The highest BCUT2D eigenvalue weighted by Crippen LogP contribution is 2.38. The number of hydrogen-bond donors (Lipinski definition) is 0. The van der Waals surface area contributed by atoms with Crippen LogP contribution in [0.15, 0.2) is 102 Å². The van der Waals surface area contributed by atoms with Crippen LogP contribution in [-0.2, 0) is 7.05 Å². The summed E-state index contributed by atoms with van der Waals surface area (Å²) < 4.78 is 9.64. The summed E-state index contributed by atoms with van der Waals surface area (Å²) in [5.41, 5.74) is 6.77. The fourth-order valence-electron chi connectivity index (χ4n) is 4.70. The summed E-state index contributed by atoms with van der Waals surface area (Å²) in [7, 11) is 2.08. The highest BCUT2D eigenvalue weighted by atomic mass is 32.1. The lowest BCUT2D eigenvalue weighted by Crippen LogP contribution is -1.84. The molecule has 0 aliphatic rings. The molecule has 152 valence electrons. The first-order valence-corrected chi connectivity index (χ1v) is 11.6. The van der Waals surface area contributed by atoms with E-state index in [0.29, 0.717) is 0 Å². The minimum Gasteiger partial charge on any atom is -0.456 e. The molecule has 0 saturated carbocycles. The Bertz CT molecular complexity index is 1760. The van der Waals surface area contributed by atoms with Crippen molar-refractivity contribution in [1.29, 1.82) is 0 Å². The standard InChI is InChI=1S/C29H19NOS/c1-30-13-12-20-14-18(6-9-25(20)30)19-7-10-26-23(15-19)24-16-22(8-11-27(24)31-26)29-17-21-4-2-3-5-28(21)32-29/h2-17H,1H3. The molecule has 0 N–H and O–H groups in total. The smallest absolute Gasteiger partial charge is 0.135 e. The number of furan rings is 1. The molecule has 32 heavy (non-hydrogen) atoms.